The first-order valence-corrected chi connectivity index (χ1v) is 4.67. The van der Waals surface area contributed by atoms with Crippen LogP contribution in [0.3, 0.4) is 0 Å². The lowest BCUT2D eigenvalue weighted by Gasteiger charge is -2.11. The average Bonchev–Trinajstić information content (AvgIpc) is 2.51. The van der Waals surface area contributed by atoms with E-state index >= 15 is 0 Å². The highest BCUT2D eigenvalue weighted by Crippen LogP contribution is 2.06. The minimum absolute atomic E-state index is 0.523. The van der Waals surface area contributed by atoms with Crippen LogP contribution >= 0.6 is 11.3 Å². The highest BCUT2D eigenvalue weighted by molar-refractivity contribution is 7.07. The molecule has 0 spiro atoms. The Hall–Kier alpha value is -0.480. The van der Waals surface area contributed by atoms with Crippen molar-refractivity contribution in [1.82, 2.24) is 5.32 Å². The number of halogens is 2. The molecule has 0 saturated heterocycles. The summed E-state index contributed by atoms with van der Waals surface area (Å²) in [6.07, 6.45) is -2.29. The van der Waals surface area contributed by atoms with Crippen LogP contribution in [-0.4, -0.2) is 12.5 Å². The molecule has 68 valence electrons. The second kappa shape index (κ2) is 4.52. The van der Waals surface area contributed by atoms with E-state index in [9.17, 15) is 8.78 Å². The summed E-state index contributed by atoms with van der Waals surface area (Å²) in [6, 6.07) is 1.19. The Morgan fingerprint density at radius 3 is 2.83 bits per heavy atom. The lowest BCUT2D eigenvalue weighted by atomic mass is 10.3. The monoisotopic (exact) mass is 191 g/mol. The molecular weight excluding hydrogens is 180 g/mol. The summed E-state index contributed by atoms with van der Waals surface area (Å²) in [5.74, 6) is 0. The van der Waals surface area contributed by atoms with E-state index in [-0.39, 0.29) is 0 Å². The zero-order valence-electron chi connectivity index (χ0n) is 6.76. The van der Waals surface area contributed by atoms with Crippen LogP contribution in [0.15, 0.2) is 16.8 Å². The van der Waals surface area contributed by atoms with Crippen LogP contribution in [0.1, 0.15) is 12.5 Å². The molecule has 0 aliphatic carbocycles. The Morgan fingerprint density at radius 2 is 2.33 bits per heavy atom. The molecule has 1 aromatic rings. The van der Waals surface area contributed by atoms with Crippen LogP contribution in [0.4, 0.5) is 8.78 Å². The summed E-state index contributed by atoms with van der Waals surface area (Å²) in [6.45, 7) is 2.01. The van der Waals surface area contributed by atoms with E-state index in [0.717, 1.165) is 5.56 Å². The smallest absolute Gasteiger partial charge is 0.253 e. The Labute approximate surface area is 74.4 Å². The minimum atomic E-state index is -2.29. The van der Waals surface area contributed by atoms with Gasteiger partial charge < -0.3 is 5.32 Å². The van der Waals surface area contributed by atoms with E-state index in [1.807, 2.05) is 16.8 Å². The third-order valence-corrected chi connectivity index (χ3v) is 2.32. The molecule has 1 nitrogen and oxygen atoms in total. The van der Waals surface area contributed by atoms with Crippen LogP contribution in [-0.2, 0) is 6.54 Å². The van der Waals surface area contributed by atoms with Gasteiger partial charge in [-0.2, -0.15) is 11.3 Å². The number of rotatable bonds is 4. The first-order chi connectivity index (χ1) is 5.70. The maximum atomic E-state index is 12.0. The molecule has 4 heteroatoms. The lowest BCUT2D eigenvalue weighted by Crippen LogP contribution is -2.31. The predicted molar refractivity (Wildman–Crippen MR) is 46.6 cm³/mol. The van der Waals surface area contributed by atoms with Crippen molar-refractivity contribution in [1.29, 1.82) is 0 Å². The molecule has 0 aromatic carbocycles. The Morgan fingerprint density at radius 1 is 1.58 bits per heavy atom. The van der Waals surface area contributed by atoms with E-state index in [1.165, 1.54) is 6.92 Å². The first kappa shape index (κ1) is 9.61. The van der Waals surface area contributed by atoms with E-state index in [1.54, 1.807) is 11.3 Å². The van der Waals surface area contributed by atoms with Crippen LogP contribution in [0.25, 0.3) is 0 Å². The van der Waals surface area contributed by atoms with Gasteiger partial charge >= 0.3 is 0 Å². The number of nitrogens with one attached hydrogen (secondary N) is 1. The molecular formula is C8H11F2NS. The Kier molecular flexibility index (Phi) is 3.62. The van der Waals surface area contributed by atoms with E-state index < -0.39 is 12.5 Å². The molecule has 0 fully saturated rings. The van der Waals surface area contributed by atoms with E-state index in [2.05, 4.69) is 5.32 Å². The molecule has 1 aromatic heterocycles. The maximum Gasteiger partial charge on any atom is 0.253 e. The molecule has 0 saturated carbocycles. The van der Waals surface area contributed by atoms with Gasteiger partial charge in [-0.05, 0) is 29.3 Å². The van der Waals surface area contributed by atoms with Gasteiger partial charge in [0.1, 0.15) is 0 Å². The molecule has 1 heterocycles. The summed E-state index contributed by atoms with van der Waals surface area (Å²) < 4.78 is 24.0. The number of alkyl halides is 2. The van der Waals surface area contributed by atoms with Gasteiger partial charge in [0.15, 0.2) is 0 Å². The van der Waals surface area contributed by atoms with Gasteiger partial charge in [0, 0.05) is 6.54 Å². The van der Waals surface area contributed by atoms with Gasteiger partial charge in [-0.1, -0.05) is 0 Å². The van der Waals surface area contributed by atoms with Crippen molar-refractivity contribution in [2.24, 2.45) is 0 Å². The number of hydrogen-bond donors (Lipinski definition) is 1. The zero-order chi connectivity index (χ0) is 8.97. The Balaban J connectivity index is 2.27. The molecule has 1 rings (SSSR count). The topological polar surface area (TPSA) is 12.0 Å². The predicted octanol–water partition coefficient (Wildman–Crippen LogP) is 2.49. The second-order valence-electron chi connectivity index (χ2n) is 2.64. The van der Waals surface area contributed by atoms with Crippen LogP contribution in [0, 0.1) is 0 Å². The van der Waals surface area contributed by atoms with E-state index in [0.29, 0.717) is 6.54 Å². The van der Waals surface area contributed by atoms with Crippen molar-refractivity contribution in [2.45, 2.75) is 25.9 Å². The second-order valence-corrected chi connectivity index (χ2v) is 3.42. The fraction of sp³-hybridized carbons (Fsp3) is 0.500. The molecule has 0 bridgehead atoms. The van der Waals surface area contributed by atoms with Gasteiger partial charge in [-0.25, -0.2) is 8.78 Å². The molecule has 1 atom stereocenters. The lowest BCUT2D eigenvalue weighted by molar-refractivity contribution is 0.105. The normalized spacial score (nSPS) is 13.7. The summed E-state index contributed by atoms with van der Waals surface area (Å²) in [4.78, 5) is 0. The highest BCUT2D eigenvalue weighted by Gasteiger charge is 2.12. The van der Waals surface area contributed by atoms with Crippen molar-refractivity contribution >= 4 is 11.3 Å². The van der Waals surface area contributed by atoms with Gasteiger partial charge in [0.2, 0.25) is 0 Å². The van der Waals surface area contributed by atoms with Gasteiger partial charge in [0.25, 0.3) is 6.43 Å². The fourth-order valence-electron chi connectivity index (χ4n) is 0.761. The van der Waals surface area contributed by atoms with Crippen molar-refractivity contribution in [2.75, 3.05) is 0 Å². The molecule has 1 N–H and O–H groups in total. The van der Waals surface area contributed by atoms with Gasteiger partial charge in [-0.3, -0.25) is 0 Å². The largest absolute Gasteiger partial charge is 0.305 e. The van der Waals surface area contributed by atoms with Crippen LogP contribution < -0.4 is 5.32 Å². The number of hydrogen-bond acceptors (Lipinski definition) is 2. The summed E-state index contributed by atoms with van der Waals surface area (Å²) in [5, 5.41) is 6.63. The molecule has 0 amide bonds. The third-order valence-electron chi connectivity index (χ3n) is 1.59. The molecule has 0 radical (unpaired) electrons. The highest BCUT2D eigenvalue weighted by atomic mass is 32.1. The zero-order valence-corrected chi connectivity index (χ0v) is 7.57. The standard InChI is InChI=1S/C8H11F2NS/c1-6(8(9)10)11-4-7-2-3-12-5-7/h2-3,5-6,8,11H,4H2,1H3. The third kappa shape index (κ3) is 2.87. The van der Waals surface area contributed by atoms with Crippen molar-refractivity contribution in [3.05, 3.63) is 22.4 Å². The Bertz CT molecular complexity index is 211. The molecule has 0 aliphatic heterocycles. The number of thiophene rings is 1. The maximum absolute atomic E-state index is 12.0. The van der Waals surface area contributed by atoms with Gasteiger partial charge in [-0.15, -0.1) is 0 Å². The van der Waals surface area contributed by atoms with Gasteiger partial charge in [0.05, 0.1) is 6.04 Å². The van der Waals surface area contributed by atoms with Crippen LogP contribution in [0.5, 0.6) is 0 Å². The molecule has 12 heavy (non-hydrogen) atoms. The van der Waals surface area contributed by atoms with Crippen LogP contribution in [0.2, 0.25) is 0 Å². The molecule has 0 aliphatic rings. The minimum Gasteiger partial charge on any atom is -0.305 e. The van der Waals surface area contributed by atoms with Crippen molar-refractivity contribution < 1.29 is 8.78 Å². The fourth-order valence-corrected chi connectivity index (χ4v) is 1.43. The first-order valence-electron chi connectivity index (χ1n) is 3.72. The summed E-state index contributed by atoms with van der Waals surface area (Å²) >= 11 is 1.57. The van der Waals surface area contributed by atoms with Crippen molar-refractivity contribution in [3.63, 3.8) is 0 Å². The SMILES string of the molecule is CC(NCc1ccsc1)C(F)F. The molecule has 1 unspecified atom stereocenters. The average molecular weight is 191 g/mol. The quantitative estimate of drug-likeness (QED) is 0.771. The van der Waals surface area contributed by atoms with Crippen molar-refractivity contribution in [3.8, 4) is 0 Å². The summed E-state index contributed by atoms with van der Waals surface area (Å²) in [5.41, 5.74) is 1.06. The van der Waals surface area contributed by atoms with E-state index in [4.69, 9.17) is 0 Å². The summed E-state index contributed by atoms with van der Waals surface area (Å²) in [7, 11) is 0.